The third-order valence-corrected chi connectivity index (χ3v) is 6.64. The molecule has 0 aliphatic carbocycles. The normalized spacial score (nSPS) is 11.3. The van der Waals surface area contributed by atoms with E-state index in [2.05, 4.69) is 20.8 Å². The molecule has 6 heteroatoms. The lowest BCUT2D eigenvalue weighted by atomic mass is 9.82. The van der Waals surface area contributed by atoms with Crippen LogP contribution < -0.4 is 0 Å². The molecule has 212 valence electrons. The summed E-state index contributed by atoms with van der Waals surface area (Å²) in [5.74, 6) is -2.41. The van der Waals surface area contributed by atoms with E-state index < -0.39 is 23.3 Å². The van der Waals surface area contributed by atoms with Gasteiger partial charge in [0.15, 0.2) is 0 Å². The highest BCUT2D eigenvalue weighted by Crippen LogP contribution is 2.32. The third-order valence-electron chi connectivity index (χ3n) is 6.64. The van der Waals surface area contributed by atoms with Crippen molar-refractivity contribution in [2.75, 3.05) is 19.8 Å². The van der Waals surface area contributed by atoms with Crippen LogP contribution in [0.3, 0.4) is 0 Å². The lowest BCUT2D eigenvalue weighted by molar-refractivity contribution is -0.185. The van der Waals surface area contributed by atoms with Gasteiger partial charge < -0.3 is 14.2 Å². The Hall–Kier alpha value is -1.59. The van der Waals surface area contributed by atoms with E-state index in [0.29, 0.717) is 6.42 Å². The maximum atomic E-state index is 13.4. The van der Waals surface area contributed by atoms with Gasteiger partial charge in [-0.1, -0.05) is 124 Å². The van der Waals surface area contributed by atoms with Gasteiger partial charge in [-0.05, 0) is 25.7 Å². The first-order valence-corrected chi connectivity index (χ1v) is 15.0. The number of carbonyl (C=O) groups excluding carboxylic acids is 3. The fourth-order valence-corrected chi connectivity index (χ4v) is 4.18. The highest BCUT2D eigenvalue weighted by Gasteiger charge is 2.57. The van der Waals surface area contributed by atoms with E-state index in [1.165, 1.54) is 0 Å². The van der Waals surface area contributed by atoms with Crippen LogP contribution in [0.4, 0.5) is 0 Å². The summed E-state index contributed by atoms with van der Waals surface area (Å²) in [6, 6.07) is 0. The molecule has 0 aromatic rings. The molecule has 0 radical (unpaired) electrons. The number of hydrogen-bond donors (Lipinski definition) is 0. The number of hydrogen-bond acceptors (Lipinski definition) is 6. The topological polar surface area (TPSA) is 78.9 Å². The molecule has 0 rings (SSSR count). The van der Waals surface area contributed by atoms with E-state index in [1.807, 2.05) is 6.92 Å². The van der Waals surface area contributed by atoms with Crippen molar-refractivity contribution >= 4 is 17.9 Å². The van der Waals surface area contributed by atoms with Crippen molar-refractivity contribution in [3.05, 3.63) is 0 Å². The summed E-state index contributed by atoms with van der Waals surface area (Å²) in [4.78, 5) is 40.1. The molecule has 0 spiro atoms. The Morgan fingerprint density at radius 3 is 1.00 bits per heavy atom. The van der Waals surface area contributed by atoms with E-state index in [9.17, 15) is 14.4 Å². The Kier molecular flexibility index (Phi) is 22.7. The van der Waals surface area contributed by atoms with Crippen LogP contribution in [0.2, 0.25) is 0 Å². The second-order valence-electron chi connectivity index (χ2n) is 10.0. The minimum absolute atomic E-state index is 0.0683. The van der Waals surface area contributed by atoms with Gasteiger partial charge in [-0.2, -0.15) is 0 Å². The lowest BCUT2D eigenvalue weighted by Gasteiger charge is -2.27. The highest BCUT2D eigenvalue weighted by atomic mass is 16.6. The number of carbonyl (C=O) groups is 3. The minimum atomic E-state index is -2.02. The summed E-state index contributed by atoms with van der Waals surface area (Å²) in [5, 5.41) is 0. The molecule has 0 amide bonds. The Morgan fingerprint density at radius 2 is 0.694 bits per heavy atom. The predicted molar refractivity (Wildman–Crippen MR) is 146 cm³/mol. The van der Waals surface area contributed by atoms with Gasteiger partial charge in [0.25, 0.3) is 5.41 Å². The zero-order chi connectivity index (χ0) is 26.9. The summed E-state index contributed by atoms with van der Waals surface area (Å²) in [5.41, 5.74) is -2.02. The summed E-state index contributed by atoms with van der Waals surface area (Å²) < 4.78 is 16.6. The molecule has 0 aliphatic heterocycles. The number of rotatable bonds is 25. The van der Waals surface area contributed by atoms with Crippen molar-refractivity contribution in [3.8, 4) is 0 Å². The second kappa shape index (κ2) is 23.8. The van der Waals surface area contributed by atoms with Crippen molar-refractivity contribution in [2.45, 2.75) is 150 Å². The predicted octanol–water partition coefficient (Wildman–Crippen LogP) is 8.09. The minimum Gasteiger partial charge on any atom is -0.464 e. The van der Waals surface area contributed by atoms with E-state index in [0.717, 1.165) is 109 Å². The molecular weight excluding hydrogens is 456 g/mol. The Labute approximate surface area is 221 Å². The molecule has 0 N–H and O–H groups in total. The van der Waals surface area contributed by atoms with Crippen LogP contribution in [-0.4, -0.2) is 37.7 Å². The maximum absolute atomic E-state index is 13.4. The van der Waals surface area contributed by atoms with E-state index in [-0.39, 0.29) is 26.2 Å². The molecular formula is C30H56O6. The van der Waals surface area contributed by atoms with Crippen LogP contribution in [-0.2, 0) is 28.6 Å². The molecule has 0 bridgehead atoms. The van der Waals surface area contributed by atoms with Crippen molar-refractivity contribution in [3.63, 3.8) is 0 Å². The standard InChI is InChI=1S/C30H56O6/c1-5-9-13-16-20-24-34-27(31)30(23-19-12-8-4,28(32)35-25-21-17-14-10-6-2)29(33)36-26-22-18-15-11-7-3/h5-26H2,1-4H3. The molecule has 0 aromatic carbocycles. The average Bonchev–Trinajstić information content (AvgIpc) is 2.87. The van der Waals surface area contributed by atoms with E-state index in [4.69, 9.17) is 14.2 Å². The van der Waals surface area contributed by atoms with Crippen LogP contribution in [0.15, 0.2) is 0 Å². The van der Waals surface area contributed by atoms with Crippen molar-refractivity contribution in [1.29, 1.82) is 0 Å². The second-order valence-corrected chi connectivity index (χ2v) is 10.0. The molecule has 36 heavy (non-hydrogen) atoms. The van der Waals surface area contributed by atoms with Gasteiger partial charge in [0, 0.05) is 0 Å². The smallest absolute Gasteiger partial charge is 0.335 e. The van der Waals surface area contributed by atoms with Gasteiger partial charge in [-0.15, -0.1) is 0 Å². The molecule has 0 fully saturated rings. The van der Waals surface area contributed by atoms with Crippen molar-refractivity contribution < 1.29 is 28.6 Å². The number of esters is 3. The van der Waals surface area contributed by atoms with Crippen molar-refractivity contribution in [2.24, 2.45) is 5.41 Å². The fraction of sp³-hybridized carbons (Fsp3) is 0.900. The highest BCUT2D eigenvalue weighted by molar-refractivity contribution is 6.17. The summed E-state index contributed by atoms with van der Waals surface area (Å²) >= 11 is 0. The average molecular weight is 513 g/mol. The molecule has 0 saturated carbocycles. The van der Waals surface area contributed by atoms with E-state index in [1.54, 1.807) is 0 Å². The van der Waals surface area contributed by atoms with Crippen LogP contribution in [0.1, 0.15) is 150 Å². The first-order chi connectivity index (χ1) is 17.5. The molecule has 0 aliphatic rings. The molecule has 0 saturated heterocycles. The Bertz CT molecular complexity index is 490. The van der Waals surface area contributed by atoms with Gasteiger partial charge in [0.05, 0.1) is 19.8 Å². The Morgan fingerprint density at radius 1 is 0.417 bits per heavy atom. The molecule has 0 unspecified atom stereocenters. The van der Waals surface area contributed by atoms with Gasteiger partial charge in [0.2, 0.25) is 0 Å². The van der Waals surface area contributed by atoms with Gasteiger partial charge in [-0.25, -0.2) is 0 Å². The van der Waals surface area contributed by atoms with Crippen LogP contribution in [0, 0.1) is 5.41 Å². The van der Waals surface area contributed by atoms with Crippen LogP contribution in [0.25, 0.3) is 0 Å². The summed E-state index contributed by atoms with van der Waals surface area (Å²) in [6.45, 7) is 9.09. The van der Waals surface area contributed by atoms with Gasteiger partial charge >= 0.3 is 17.9 Å². The number of unbranched alkanes of at least 4 members (excludes halogenated alkanes) is 14. The number of ether oxygens (including phenoxy) is 3. The summed E-state index contributed by atoms with van der Waals surface area (Å²) in [6.07, 6.45) is 17.4. The molecule has 0 aromatic heterocycles. The summed E-state index contributed by atoms with van der Waals surface area (Å²) in [7, 11) is 0. The Balaban J connectivity index is 5.36. The maximum Gasteiger partial charge on any atom is 0.335 e. The first-order valence-electron chi connectivity index (χ1n) is 15.0. The fourth-order valence-electron chi connectivity index (χ4n) is 4.18. The SMILES string of the molecule is CCCCCCCOC(=O)C(CCCCC)(C(=O)OCCCCCCC)C(=O)OCCCCCCC. The lowest BCUT2D eigenvalue weighted by Crippen LogP contribution is -2.49. The van der Waals surface area contributed by atoms with E-state index >= 15 is 0 Å². The molecule has 0 heterocycles. The van der Waals surface area contributed by atoms with Crippen LogP contribution >= 0.6 is 0 Å². The third kappa shape index (κ3) is 14.8. The first kappa shape index (κ1) is 34.4. The molecule has 0 atom stereocenters. The van der Waals surface area contributed by atoms with Gasteiger partial charge in [0.1, 0.15) is 0 Å². The zero-order valence-electron chi connectivity index (χ0n) is 24.0. The zero-order valence-corrected chi connectivity index (χ0v) is 24.0. The monoisotopic (exact) mass is 512 g/mol. The van der Waals surface area contributed by atoms with Crippen molar-refractivity contribution in [1.82, 2.24) is 0 Å². The van der Waals surface area contributed by atoms with Crippen LogP contribution in [0.5, 0.6) is 0 Å². The van der Waals surface area contributed by atoms with Gasteiger partial charge in [-0.3, -0.25) is 14.4 Å². The molecule has 6 nitrogen and oxygen atoms in total. The quantitative estimate of drug-likeness (QED) is 0.0532. The largest absolute Gasteiger partial charge is 0.464 e.